The van der Waals surface area contributed by atoms with Crippen molar-refractivity contribution in [1.29, 1.82) is 0 Å². The molecule has 0 saturated carbocycles. The van der Waals surface area contributed by atoms with Gasteiger partial charge in [-0.15, -0.1) is 0 Å². The highest BCUT2D eigenvalue weighted by Gasteiger charge is 2.17. The van der Waals surface area contributed by atoms with Crippen LogP contribution in [0, 0.1) is 22.9 Å². The summed E-state index contributed by atoms with van der Waals surface area (Å²) in [6, 6.07) is 11.4. The van der Waals surface area contributed by atoms with Crippen LogP contribution in [0.25, 0.3) is 10.8 Å². The van der Waals surface area contributed by atoms with E-state index in [1.165, 1.54) is 12.1 Å². The number of hydrogen-bond donors (Lipinski definition) is 0. The Morgan fingerprint density at radius 1 is 1.09 bits per heavy atom. The topological polar surface area (TPSA) is 56.0 Å². The number of nitro benzene ring substituents is 1. The summed E-state index contributed by atoms with van der Waals surface area (Å²) < 4.78 is 13.0. The molecule has 0 aliphatic rings. The maximum Gasteiger partial charge on any atom is 0.280 e. The highest BCUT2D eigenvalue weighted by molar-refractivity contribution is 5.93. The average molecular weight is 296 g/mol. The highest BCUT2D eigenvalue weighted by atomic mass is 19.1. The van der Waals surface area contributed by atoms with E-state index in [1.54, 1.807) is 37.4 Å². The molecule has 2 aromatic carbocycles. The first kappa shape index (κ1) is 14.1. The van der Waals surface area contributed by atoms with E-state index in [2.05, 4.69) is 4.98 Å². The van der Waals surface area contributed by atoms with Gasteiger partial charge in [-0.3, -0.25) is 15.1 Å². The van der Waals surface area contributed by atoms with E-state index in [0.29, 0.717) is 17.4 Å². The Morgan fingerprint density at radius 3 is 2.50 bits per heavy atom. The van der Waals surface area contributed by atoms with Crippen molar-refractivity contribution in [3.05, 3.63) is 81.4 Å². The Labute approximate surface area is 126 Å². The van der Waals surface area contributed by atoms with Gasteiger partial charge in [0.15, 0.2) is 0 Å². The molecule has 3 aromatic rings. The first-order valence-corrected chi connectivity index (χ1v) is 6.82. The molecule has 110 valence electrons. The van der Waals surface area contributed by atoms with E-state index >= 15 is 0 Å². The number of rotatable bonds is 3. The molecule has 0 spiro atoms. The van der Waals surface area contributed by atoms with Gasteiger partial charge in [-0.1, -0.05) is 24.3 Å². The summed E-state index contributed by atoms with van der Waals surface area (Å²) >= 11 is 0. The van der Waals surface area contributed by atoms with E-state index < -0.39 is 0 Å². The van der Waals surface area contributed by atoms with E-state index in [4.69, 9.17) is 0 Å². The maximum atomic E-state index is 13.0. The number of nitro groups is 1. The number of aryl methyl sites for hydroxylation is 1. The third-order valence-electron chi connectivity index (χ3n) is 3.67. The van der Waals surface area contributed by atoms with Crippen molar-refractivity contribution < 1.29 is 9.31 Å². The first-order valence-electron chi connectivity index (χ1n) is 6.82. The molecule has 0 aliphatic carbocycles. The molecule has 1 aromatic heterocycles. The lowest BCUT2D eigenvalue weighted by atomic mass is 10.0. The van der Waals surface area contributed by atoms with Crippen LogP contribution in [-0.2, 0) is 6.42 Å². The van der Waals surface area contributed by atoms with E-state index in [1.807, 2.05) is 6.07 Å². The fourth-order valence-electron chi connectivity index (χ4n) is 2.59. The molecule has 0 aliphatic heterocycles. The molecule has 1 heterocycles. The number of halogens is 1. The second-order valence-corrected chi connectivity index (χ2v) is 5.14. The van der Waals surface area contributed by atoms with Crippen molar-refractivity contribution >= 4 is 16.5 Å². The van der Waals surface area contributed by atoms with Gasteiger partial charge in [0.1, 0.15) is 5.82 Å². The van der Waals surface area contributed by atoms with Crippen LogP contribution in [0.5, 0.6) is 0 Å². The fourth-order valence-corrected chi connectivity index (χ4v) is 2.59. The van der Waals surface area contributed by atoms with Gasteiger partial charge in [0.05, 0.1) is 16.0 Å². The number of pyridine rings is 1. The molecule has 0 saturated heterocycles. The van der Waals surface area contributed by atoms with Gasteiger partial charge >= 0.3 is 0 Å². The Bertz CT molecular complexity index is 860. The lowest BCUT2D eigenvalue weighted by Gasteiger charge is -2.08. The van der Waals surface area contributed by atoms with E-state index in [-0.39, 0.29) is 16.4 Å². The highest BCUT2D eigenvalue weighted by Crippen LogP contribution is 2.30. The monoisotopic (exact) mass is 296 g/mol. The zero-order chi connectivity index (χ0) is 15.7. The predicted octanol–water partition coefficient (Wildman–Crippen LogP) is 4.18. The van der Waals surface area contributed by atoms with Gasteiger partial charge in [-0.2, -0.15) is 0 Å². The number of hydrogen-bond acceptors (Lipinski definition) is 3. The summed E-state index contributed by atoms with van der Waals surface area (Å²) in [6.07, 6.45) is 2.07. The summed E-state index contributed by atoms with van der Waals surface area (Å²) in [7, 11) is 0. The Kier molecular flexibility index (Phi) is 3.55. The Morgan fingerprint density at radius 2 is 1.82 bits per heavy atom. The molecule has 4 nitrogen and oxygen atoms in total. The van der Waals surface area contributed by atoms with Gasteiger partial charge in [-0.25, -0.2) is 4.39 Å². The number of fused-ring (bicyclic) bond motifs is 1. The maximum absolute atomic E-state index is 13.0. The first-order chi connectivity index (χ1) is 10.6. The van der Waals surface area contributed by atoms with Gasteiger partial charge in [0.25, 0.3) is 5.69 Å². The summed E-state index contributed by atoms with van der Waals surface area (Å²) in [5.74, 6) is -0.291. The summed E-state index contributed by atoms with van der Waals surface area (Å²) in [5, 5.41) is 12.6. The van der Waals surface area contributed by atoms with Crippen LogP contribution in [0.3, 0.4) is 0 Å². The minimum absolute atomic E-state index is 0.111. The molecule has 0 unspecified atom stereocenters. The smallest absolute Gasteiger partial charge is 0.260 e. The Balaban J connectivity index is 2.13. The zero-order valence-electron chi connectivity index (χ0n) is 11.9. The normalized spacial score (nSPS) is 10.8. The molecule has 0 fully saturated rings. The van der Waals surface area contributed by atoms with Gasteiger partial charge in [-0.05, 0) is 30.7 Å². The van der Waals surface area contributed by atoms with E-state index in [9.17, 15) is 14.5 Å². The van der Waals surface area contributed by atoms with Crippen LogP contribution in [0.15, 0.2) is 48.7 Å². The van der Waals surface area contributed by atoms with Gasteiger partial charge < -0.3 is 0 Å². The summed E-state index contributed by atoms with van der Waals surface area (Å²) in [5.41, 5.74) is 2.38. The van der Waals surface area contributed by atoms with Crippen molar-refractivity contribution in [2.45, 2.75) is 13.3 Å². The van der Waals surface area contributed by atoms with Crippen molar-refractivity contribution in [1.82, 2.24) is 4.98 Å². The third kappa shape index (κ3) is 2.53. The van der Waals surface area contributed by atoms with Crippen LogP contribution < -0.4 is 0 Å². The van der Waals surface area contributed by atoms with Crippen molar-refractivity contribution in [3.63, 3.8) is 0 Å². The standard InChI is InChI=1S/C17H13FN2O2/c1-11-2-7-14-15(17(11)20(21)22)8-9-19-16(14)10-12-3-5-13(18)6-4-12/h2-9H,10H2,1H3. The molecular formula is C17H13FN2O2. The van der Waals surface area contributed by atoms with Crippen LogP contribution in [0.1, 0.15) is 16.8 Å². The second-order valence-electron chi connectivity index (χ2n) is 5.14. The molecule has 0 N–H and O–H groups in total. The minimum Gasteiger partial charge on any atom is -0.260 e. The fraction of sp³-hybridized carbons (Fsp3) is 0.118. The zero-order valence-corrected chi connectivity index (χ0v) is 11.9. The number of aromatic nitrogens is 1. The molecule has 5 heteroatoms. The minimum atomic E-state index is -0.362. The largest absolute Gasteiger partial charge is 0.280 e. The number of nitrogens with zero attached hydrogens (tertiary/aromatic N) is 2. The molecule has 0 atom stereocenters. The lowest BCUT2D eigenvalue weighted by molar-refractivity contribution is -0.383. The van der Waals surface area contributed by atoms with Crippen LogP contribution in [0.2, 0.25) is 0 Å². The summed E-state index contributed by atoms with van der Waals surface area (Å²) in [6.45, 7) is 1.72. The van der Waals surface area contributed by atoms with Gasteiger partial charge in [0.2, 0.25) is 0 Å². The third-order valence-corrected chi connectivity index (χ3v) is 3.67. The molecule has 0 bridgehead atoms. The Hall–Kier alpha value is -2.82. The number of benzene rings is 2. The molecule has 22 heavy (non-hydrogen) atoms. The van der Waals surface area contributed by atoms with Crippen LogP contribution >= 0.6 is 0 Å². The quantitative estimate of drug-likeness (QED) is 0.538. The lowest BCUT2D eigenvalue weighted by Crippen LogP contribution is -1.98. The average Bonchev–Trinajstić information content (AvgIpc) is 2.49. The van der Waals surface area contributed by atoms with Crippen molar-refractivity contribution in [2.75, 3.05) is 0 Å². The van der Waals surface area contributed by atoms with Crippen molar-refractivity contribution in [2.24, 2.45) is 0 Å². The van der Waals surface area contributed by atoms with E-state index in [0.717, 1.165) is 16.6 Å². The molecule has 3 rings (SSSR count). The SMILES string of the molecule is Cc1ccc2c(Cc3ccc(F)cc3)nccc2c1[N+](=O)[O-]. The molecular weight excluding hydrogens is 283 g/mol. The molecule has 0 radical (unpaired) electrons. The second kappa shape index (κ2) is 5.52. The van der Waals surface area contributed by atoms with Gasteiger partial charge in [0, 0.05) is 23.6 Å². The predicted molar refractivity (Wildman–Crippen MR) is 82.3 cm³/mol. The van der Waals surface area contributed by atoms with Crippen molar-refractivity contribution in [3.8, 4) is 0 Å². The molecule has 0 amide bonds. The van der Waals surface area contributed by atoms with Crippen LogP contribution in [0.4, 0.5) is 10.1 Å². The summed E-state index contributed by atoms with van der Waals surface area (Å²) in [4.78, 5) is 15.3. The van der Waals surface area contributed by atoms with Crippen LogP contribution in [-0.4, -0.2) is 9.91 Å².